The first kappa shape index (κ1) is 16.9. The highest BCUT2D eigenvalue weighted by molar-refractivity contribution is 6.29. The van der Waals surface area contributed by atoms with E-state index < -0.39 is 0 Å². The standard InChI is InChI=1S/C19H27ClN4O2/c20-18-9-15-16(24-5-7-25-8-6-24)10-22(11-17(15)26-18)14-23-12-19(13-23)1-3-21-4-2-19/h9-10,21H,1-8,11-14H2. The van der Waals surface area contributed by atoms with E-state index in [4.69, 9.17) is 20.8 Å². The summed E-state index contributed by atoms with van der Waals surface area (Å²) in [6.45, 7) is 9.93. The molecule has 4 aliphatic heterocycles. The van der Waals surface area contributed by atoms with Gasteiger partial charge >= 0.3 is 0 Å². The first-order chi connectivity index (χ1) is 12.7. The molecule has 0 saturated carbocycles. The van der Waals surface area contributed by atoms with Crippen LogP contribution in [0.2, 0.25) is 5.22 Å². The summed E-state index contributed by atoms with van der Waals surface area (Å²) >= 11 is 6.17. The van der Waals surface area contributed by atoms with Crippen molar-refractivity contribution in [3.8, 4) is 0 Å². The molecule has 1 N–H and O–H groups in total. The van der Waals surface area contributed by atoms with Gasteiger partial charge in [-0.3, -0.25) is 4.90 Å². The minimum absolute atomic E-state index is 0.480. The third kappa shape index (κ3) is 3.13. The van der Waals surface area contributed by atoms with Crippen molar-refractivity contribution < 1.29 is 9.15 Å². The molecule has 0 aromatic carbocycles. The van der Waals surface area contributed by atoms with Crippen molar-refractivity contribution in [3.63, 3.8) is 0 Å². The molecule has 3 fully saturated rings. The Morgan fingerprint density at radius 1 is 1.15 bits per heavy atom. The first-order valence-corrected chi connectivity index (χ1v) is 10.1. The van der Waals surface area contributed by atoms with Gasteiger partial charge in [0.25, 0.3) is 0 Å². The Hall–Kier alpha value is -1.21. The van der Waals surface area contributed by atoms with E-state index in [1.807, 2.05) is 6.07 Å². The number of morpholine rings is 1. The number of likely N-dealkylation sites (tertiary alicyclic amines) is 1. The minimum atomic E-state index is 0.480. The van der Waals surface area contributed by atoms with Crippen LogP contribution in [0.15, 0.2) is 16.7 Å². The zero-order valence-electron chi connectivity index (χ0n) is 15.2. The summed E-state index contributed by atoms with van der Waals surface area (Å²) < 4.78 is 11.3. The third-order valence-electron chi connectivity index (χ3n) is 6.22. The van der Waals surface area contributed by atoms with Crippen LogP contribution < -0.4 is 5.32 Å². The van der Waals surface area contributed by atoms with Gasteiger partial charge in [0, 0.05) is 44.0 Å². The average molecular weight is 379 g/mol. The first-order valence-electron chi connectivity index (χ1n) is 9.71. The van der Waals surface area contributed by atoms with Crippen LogP contribution in [0.3, 0.4) is 0 Å². The van der Waals surface area contributed by atoms with Gasteiger partial charge in [-0.15, -0.1) is 0 Å². The molecule has 1 spiro atoms. The molecule has 0 aliphatic carbocycles. The summed E-state index contributed by atoms with van der Waals surface area (Å²) in [5.74, 6) is 0.982. The zero-order chi connectivity index (χ0) is 17.6. The van der Waals surface area contributed by atoms with Crippen molar-refractivity contribution in [2.24, 2.45) is 5.41 Å². The van der Waals surface area contributed by atoms with Gasteiger partial charge in [0.15, 0.2) is 5.22 Å². The number of halogens is 1. The lowest BCUT2D eigenvalue weighted by Crippen LogP contribution is -2.61. The second-order valence-corrected chi connectivity index (χ2v) is 8.50. The zero-order valence-corrected chi connectivity index (χ0v) is 15.9. The van der Waals surface area contributed by atoms with Gasteiger partial charge in [-0.1, -0.05) is 0 Å². The van der Waals surface area contributed by atoms with E-state index in [0.29, 0.717) is 10.6 Å². The van der Waals surface area contributed by atoms with E-state index in [1.54, 1.807) is 0 Å². The van der Waals surface area contributed by atoms with Gasteiger partial charge < -0.3 is 24.3 Å². The van der Waals surface area contributed by atoms with Gasteiger partial charge in [-0.2, -0.15) is 0 Å². The Labute approximate surface area is 159 Å². The molecule has 4 aliphatic rings. The molecule has 5 heterocycles. The number of nitrogens with zero attached hydrogens (tertiary/aromatic N) is 3. The van der Waals surface area contributed by atoms with Crippen molar-refractivity contribution in [2.75, 3.05) is 59.2 Å². The number of fused-ring (bicyclic) bond motifs is 1. The third-order valence-corrected chi connectivity index (χ3v) is 6.41. The molecule has 7 heteroatoms. The molecular formula is C19H27ClN4O2. The van der Waals surface area contributed by atoms with E-state index in [9.17, 15) is 0 Å². The molecule has 1 aromatic rings. The van der Waals surface area contributed by atoms with Crippen LogP contribution in [0.4, 0.5) is 0 Å². The molecule has 6 nitrogen and oxygen atoms in total. The largest absolute Gasteiger partial charge is 0.447 e. The molecule has 0 bridgehead atoms. The predicted octanol–water partition coefficient (Wildman–Crippen LogP) is 2.02. The smallest absolute Gasteiger partial charge is 0.194 e. The molecule has 142 valence electrons. The van der Waals surface area contributed by atoms with Crippen LogP contribution in [0.25, 0.3) is 5.70 Å². The maximum atomic E-state index is 6.17. The Morgan fingerprint density at radius 3 is 2.69 bits per heavy atom. The second kappa shape index (κ2) is 6.75. The molecule has 26 heavy (non-hydrogen) atoms. The predicted molar refractivity (Wildman–Crippen MR) is 101 cm³/mol. The maximum Gasteiger partial charge on any atom is 0.194 e. The molecule has 0 radical (unpaired) electrons. The SMILES string of the molecule is Clc1cc2c(o1)CN(CN1CC3(CCNCC3)C1)C=C2N1CCOCC1. The van der Waals surface area contributed by atoms with Gasteiger partial charge in [0.2, 0.25) is 0 Å². The van der Waals surface area contributed by atoms with Crippen molar-refractivity contribution in [2.45, 2.75) is 19.4 Å². The number of nitrogens with one attached hydrogen (secondary N) is 1. The summed E-state index contributed by atoms with van der Waals surface area (Å²) in [5.41, 5.74) is 2.94. The highest BCUT2D eigenvalue weighted by Gasteiger charge is 2.43. The monoisotopic (exact) mass is 378 g/mol. The molecule has 1 aromatic heterocycles. The lowest BCUT2D eigenvalue weighted by atomic mass is 9.72. The highest BCUT2D eigenvalue weighted by Crippen LogP contribution is 2.40. The Kier molecular flexibility index (Phi) is 4.39. The Bertz CT molecular complexity index is 684. The lowest BCUT2D eigenvalue weighted by Gasteiger charge is -2.53. The quantitative estimate of drug-likeness (QED) is 0.868. The molecule has 5 rings (SSSR count). The fourth-order valence-corrected chi connectivity index (χ4v) is 5.08. The van der Waals surface area contributed by atoms with Crippen molar-refractivity contribution in [1.82, 2.24) is 20.0 Å². The van der Waals surface area contributed by atoms with Crippen LogP contribution in [0.1, 0.15) is 24.2 Å². The van der Waals surface area contributed by atoms with Crippen LogP contribution in [0, 0.1) is 5.41 Å². The summed E-state index contributed by atoms with van der Waals surface area (Å²) in [5, 5.41) is 3.96. The number of rotatable bonds is 3. The molecular weight excluding hydrogens is 352 g/mol. The molecule has 0 unspecified atom stereocenters. The average Bonchev–Trinajstić information content (AvgIpc) is 3.01. The number of piperidine rings is 1. The summed E-state index contributed by atoms with van der Waals surface area (Å²) in [7, 11) is 0. The van der Waals surface area contributed by atoms with E-state index in [2.05, 4.69) is 26.2 Å². The Balaban J connectivity index is 1.30. The van der Waals surface area contributed by atoms with Crippen LogP contribution in [0.5, 0.6) is 0 Å². The van der Waals surface area contributed by atoms with Crippen molar-refractivity contribution >= 4 is 17.3 Å². The number of hydrogen-bond donors (Lipinski definition) is 1. The van der Waals surface area contributed by atoms with E-state index in [0.717, 1.165) is 50.8 Å². The highest BCUT2D eigenvalue weighted by atomic mass is 35.5. The summed E-state index contributed by atoms with van der Waals surface area (Å²) in [6.07, 6.45) is 4.93. The fraction of sp³-hybridized carbons (Fsp3) is 0.684. The summed E-state index contributed by atoms with van der Waals surface area (Å²) in [6, 6.07) is 1.96. The van der Waals surface area contributed by atoms with Gasteiger partial charge in [0.1, 0.15) is 5.76 Å². The topological polar surface area (TPSA) is 44.1 Å². The number of hydrogen-bond acceptors (Lipinski definition) is 6. The fourth-order valence-electron chi connectivity index (χ4n) is 4.88. The number of furan rings is 1. The van der Waals surface area contributed by atoms with Gasteiger partial charge in [0.05, 0.1) is 32.1 Å². The second-order valence-electron chi connectivity index (χ2n) is 8.13. The van der Waals surface area contributed by atoms with Crippen molar-refractivity contribution in [3.05, 3.63) is 28.8 Å². The summed E-state index contributed by atoms with van der Waals surface area (Å²) in [4.78, 5) is 7.33. The molecule has 0 atom stereocenters. The van der Waals surface area contributed by atoms with Crippen LogP contribution in [-0.2, 0) is 11.3 Å². The van der Waals surface area contributed by atoms with Crippen molar-refractivity contribution in [1.29, 1.82) is 0 Å². The van der Waals surface area contributed by atoms with Crippen LogP contribution in [-0.4, -0.2) is 73.9 Å². The van der Waals surface area contributed by atoms with Gasteiger partial charge in [-0.25, -0.2) is 0 Å². The van der Waals surface area contributed by atoms with E-state index >= 15 is 0 Å². The van der Waals surface area contributed by atoms with E-state index in [-0.39, 0.29) is 0 Å². The minimum Gasteiger partial charge on any atom is -0.447 e. The van der Waals surface area contributed by atoms with Gasteiger partial charge in [-0.05, 0) is 42.9 Å². The maximum absolute atomic E-state index is 6.17. The number of ether oxygens (including phenoxy) is 1. The lowest BCUT2D eigenvalue weighted by molar-refractivity contribution is -0.0478. The van der Waals surface area contributed by atoms with E-state index in [1.165, 1.54) is 44.7 Å². The molecule has 3 saturated heterocycles. The Morgan fingerprint density at radius 2 is 1.92 bits per heavy atom. The van der Waals surface area contributed by atoms with Crippen LogP contribution >= 0.6 is 11.6 Å². The molecule has 0 amide bonds. The normalized spacial score (nSPS) is 25.8.